The molecule has 0 spiro atoms. The second-order valence-electron chi connectivity index (χ2n) is 1.04. The molecule has 1 aliphatic rings. The third-order valence-corrected chi connectivity index (χ3v) is 35.4. The van der Waals surface area contributed by atoms with Gasteiger partial charge in [0, 0.05) is 0 Å². The van der Waals surface area contributed by atoms with Gasteiger partial charge in [0.2, 0.25) is 0 Å². The van der Waals surface area contributed by atoms with Gasteiger partial charge in [0.05, 0.1) is 0 Å². The monoisotopic (exact) mass is 480 g/mol. The van der Waals surface area contributed by atoms with Gasteiger partial charge in [-0.2, -0.15) is 0 Å². The quantitative estimate of drug-likeness (QED) is 0.464. The Morgan fingerprint density at radius 2 is 1.33 bits per heavy atom. The first kappa shape index (κ1) is 5.82. The van der Waals surface area contributed by atoms with Crippen LogP contribution in [0.5, 0.6) is 0 Å². The first-order chi connectivity index (χ1) is 2.79. The van der Waals surface area contributed by atoms with E-state index < -0.39 is 45.3 Å². The Labute approximate surface area is 55.7 Å². The summed E-state index contributed by atoms with van der Waals surface area (Å²) < 4.78 is 14.9. The minimum atomic E-state index is -1.44. The molecule has 6 heavy (non-hydrogen) atoms. The number of hydrogen-bond acceptors (Lipinski definition) is 2. The molecule has 1 saturated heterocycles. The van der Waals surface area contributed by atoms with Crippen LogP contribution >= 0.6 is 0 Å². The van der Waals surface area contributed by atoms with E-state index in [0.717, 1.165) is 0 Å². The Morgan fingerprint density at radius 1 is 1.00 bits per heavy atom. The van der Waals surface area contributed by atoms with Gasteiger partial charge in [-0.3, -0.25) is 0 Å². The average Bonchev–Trinajstić information content (AvgIpc) is 1.33. The standard InChI is InChI=1S/2CH3.2Bi.2O/h2*1H3;;;;. The molecular weight excluding hydrogens is 474 g/mol. The van der Waals surface area contributed by atoms with Gasteiger partial charge in [0.15, 0.2) is 0 Å². The van der Waals surface area contributed by atoms with Gasteiger partial charge in [-0.05, 0) is 0 Å². The molecule has 0 N–H and O–H groups in total. The summed E-state index contributed by atoms with van der Waals surface area (Å²) in [6.07, 6.45) is 0. The summed E-state index contributed by atoms with van der Waals surface area (Å²) in [5, 5.41) is 0. The fourth-order valence-electron chi connectivity index (χ4n) is 0.330. The first-order valence-corrected chi connectivity index (χ1v) is 14.3. The maximum atomic E-state index is 5.32. The van der Waals surface area contributed by atoms with Gasteiger partial charge in [-0.1, -0.05) is 0 Å². The van der Waals surface area contributed by atoms with Crippen LogP contribution in [0.4, 0.5) is 0 Å². The molecule has 0 aromatic rings. The first-order valence-electron chi connectivity index (χ1n) is 1.62. The molecule has 0 radical (unpaired) electrons. The minimum absolute atomic E-state index is 1.44. The van der Waals surface area contributed by atoms with Crippen molar-refractivity contribution >= 4 is 45.3 Å². The zero-order valence-electron chi connectivity index (χ0n) is 3.71. The zero-order chi connectivity index (χ0) is 4.57. The molecule has 0 unspecified atom stereocenters. The molecule has 0 amide bonds. The Hall–Kier alpha value is 1.69. The summed E-state index contributed by atoms with van der Waals surface area (Å²) in [6.45, 7) is 0. The van der Waals surface area contributed by atoms with Gasteiger partial charge >= 0.3 is 56.3 Å². The Kier molecular flexibility index (Phi) is 2.23. The van der Waals surface area contributed by atoms with Crippen LogP contribution in [0.2, 0.25) is 9.26 Å². The van der Waals surface area contributed by atoms with Crippen LogP contribution in [-0.4, -0.2) is 45.3 Å². The van der Waals surface area contributed by atoms with E-state index >= 15 is 0 Å². The van der Waals surface area contributed by atoms with Gasteiger partial charge in [0.25, 0.3) is 0 Å². The van der Waals surface area contributed by atoms with Crippen LogP contribution < -0.4 is 0 Å². The molecule has 1 aliphatic heterocycles. The normalized spacial score (nSPS) is 27.0. The van der Waals surface area contributed by atoms with Crippen molar-refractivity contribution in [3.05, 3.63) is 0 Å². The van der Waals surface area contributed by atoms with Gasteiger partial charge in [0.1, 0.15) is 0 Å². The number of rotatable bonds is 0. The Balaban J connectivity index is 2.11. The fourth-order valence-corrected chi connectivity index (χ4v) is 25.4. The van der Waals surface area contributed by atoms with Crippen LogP contribution in [-0.2, 0) is 1.78 Å². The molecule has 36 valence electrons. The molecule has 4 heteroatoms. The zero-order valence-corrected chi connectivity index (χ0v) is 10.7. The predicted molar refractivity (Wildman–Crippen MR) is 25.4 cm³/mol. The van der Waals surface area contributed by atoms with Crippen LogP contribution in [0.3, 0.4) is 0 Å². The van der Waals surface area contributed by atoms with Crippen molar-refractivity contribution in [2.75, 3.05) is 0 Å². The molecular formula is C2H6Bi2O2. The second-order valence-corrected chi connectivity index (χ2v) is 20.3. The molecule has 0 saturated carbocycles. The number of hydrogen-bond donors (Lipinski definition) is 0. The van der Waals surface area contributed by atoms with Crippen LogP contribution in [0, 0.1) is 0 Å². The fraction of sp³-hybridized carbons (Fsp3) is 1.00. The second kappa shape index (κ2) is 2.30. The summed E-state index contributed by atoms with van der Waals surface area (Å²) in [5.41, 5.74) is 0. The van der Waals surface area contributed by atoms with Crippen molar-refractivity contribution in [2.24, 2.45) is 0 Å². The van der Waals surface area contributed by atoms with Crippen molar-refractivity contribution < 1.29 is 1.78 Å². The molecule has 2 nitrogen and oxygen atoms in total. The molecule has 0 aromatic heterocycles. The van der Waals surface area contributed by atoms with E-state index in [4.69, 9.17) is 1.78 Å². The summed E-state index contributed by atoms with van der Waals surface area (Å²) in [4.78, 5) is 0. The van der Waals surface area contributed by atoms with E-state index in [9.17, 15) is 0 Å². The van der Waals surface area contributed by atoms with E-state index in [1.807, 2.05) is 0 Å². The van der Waals surface area contributed by atoms with E-state index in [-0.39, 0.29) is 0 Å². The summed E-state index contributed by atoms with van der Waals surface area (Å²) in [6, 6.07) is 0. The van der Waals surface area contributed by atoms with E-state index in [1.54, 1.807) is 0 Å². The summed E-state index contributed by atoms with van der Waals surface area (Å²) in [7, 11) is 0. The summed E-state index contributed by atoms with van der Waals surface area (Å²) >= 11 is -2.87. The predicted octanol–water partition coefficient (Wildman–Crippen LogP) is 0.269. The van der Waals surface area contributed by atoms with Crippen LogP contribution in [0.1, 0.15) is 0 Å². The van der Waals surface area contributed by atoms with Gasteiger partial charge in [-0.25, -0.2) is 0 Å². The molecule has 0 aliphatic carbocycles. The third kappa shape index (κ3) is 1.33. The van der Waals surface area contributed by atoms with Gasteiger partial charge in [-0.15, -0.1) is 0 Å². The van der Waals surface area contributed by atoms with Crippen LogP contribution in [0.15, 0.2) is 0 Å². The molecule has 1 rings (SSSR count). The topological polar surface area (TPSA) is 18.5 Å². The van der Waals surface area contributed by atoms with Crippen molar-refractivity contribution in [1.82, 2.24) is 0 Å². The van der Waals surface area contributed by atoms with E-state index in [1.165, 1.54) is 0 Å². The van der Waals surface area contributed by atoms with E-state index in [0.29, 0.717) is 0 Å². The Morgan fingerprint density at radius 3 is 1.33 bits per heavy atom. The van der Waals surface area contributed by atoms with Crippen molar-refractivity contribution in [2.45, 2.75) is 9.26 Å². The molecule has 0 bridgehead atoms. The molecule has 0 aromatic carbocycles. The van der Waals surface area contributed by atoms with E-state index in [2.05, 4.69) is 9.26 Å². The molecule has 0 atom stereocenters. The average molecular weight is 480 g/mol. The van der Waals surface area contributed by atoms with Crippen molar-refractivity contribution in [3.8, 4) is 0 Å². The van der Waals surface area contributed by atoms with Crippen molar-refractivity contribution in [3.63, 3.8) is 0 Å². The van der Waals surface area contributed by atoms with Crippen LogP contribution in [0.25, 0.3) is 0 Å². The maximum absolute atomic E-state index is 5.32. The van der Waals surface area contributed by atoms with Gasteiger partial charge < -0.3 is 0 Å². The molecule has 1 fully saturated rings. The Bertz CT molecular complexity index is 45.5. The SMILES string of the molecule is [CH3][Bi]1[O][Bi]([CH3])[O]1. The molecule has 1 heterocycles. The van der Waals surface area contributed by atoms with Crippen molar-refractivity contribution in [1.29, 1.82) is 0 Å². The summed E-state index contributed by atoms with van der Waals surface area (Å²) in [5.74, 6) is 0. The third-order valence-electron chi connectivity index (χ3n) is 0.460.